The Morgan fingerprint density at radius 1 is 1.20 bits per heavy atom. The zero-order chi connectivity index (χ0) is 17.4. The van der Waals surface area contributed by atoms with Crippen molar-refractivity contribution in [1.82, 2.24) is 34.2 Å². The van der Waals surface area contributed by atoms with Gasteiger partial charge < -0.3 is 9.88 Å². The minimum absolute atomic E-state index is 0.361. The number of aryl methyl sites for hydroxylation is 2. The average molecular weight is 340 g/mol. The van der Waals surface area contributed by atoms with E-state index in [4.69, 9.17) is 0 Å². The fraction of sp³-hybridized carbons (Fsp3) is 0.529. The number of aromatic nitrogens is 6. The van der Waals surface area contributed by atoms with E-state index >= 15 is 0 Å². The number of piperidine rings is 1. The van der Waals surface area contributed by atoms with Gasteiger partial charge in [0.25, 0.3) is 0 Å². The van der Waals surface area contributed by atoms with Crippen LogP contribution in [-0.4, -0.2) is 54.3 Å². The van der Waals surface area contributed by atoms with Gasteiger partial charge in [0, 0.05) is 26.8 Å². The number of nitrogens with zero attached hydrogens (tertiary/aromatic N) is 7. The molecule has 25 heavy (non-hydrogen) atoms. The first-order valence-electron chi connectivity index (χ1n) is 8.68. The smallest absolute Gasteiger partial charge is 0.163 e. The molecule has 1 saturated heterocycles. The Labute approximate surface area is 146 Å². The predicted molar refractivity (Wildman–Crippen MR) is 96.1 cm³/mol. The number of anilines is 1. The van der Waals surface area contributed by atoms with Crippen molar-refractivity contribution >= 4 is 16.9 Å². The summed E-state index contributed by atoms with van der Waals surface area (Å²) >= 11 is 0. The van der Waals surface area contributed by atoms with Crippen LogP contribution in [0.4, 0.5) is 5.82 Å². The first kappa shape index (κ1) is 16.0. The van der Waals surface area contributed by atoms with Crippen molar-refractivity contribution in [3.8, 4) is 0 Å². The van der Waals surface area contributed by atoms with Crippen LogP contribution in [0, 0.1) is 5.92 Å². The van der Waals surface area contributed by atoms with Gasteiger partial charge in [-0.05, 0) is 32.4 Å². The summed E-state index contributed by atoms with van der Waals surface area (Å²) in [4.78, 5) is 15.5. The van der Waals surface area contributed by atoms with E-state index in [-0.39, 0.29) is 0 Å². The molecule has 2 atom stereocenters. The van der Waals surface area contributed by atoms with E-state index in [2.05, 4.69) is 48.9 Å². The highest BCUT2D eigenvalue weighted by atomic mass is 15.3. The minimum Gasteiger partial charge on any atom is -0.369 e. The minimum atomic E-state index is 0.361. The number of imidazole rings is 1. The van der Waals surface area contributed by atoms with Crippen LogP contribution < -0.4 is 5.32 Å². The highest BCUT2D eigenvalue weighted by molar-refractivity contribution is 5.85. The van der Waals surface area contributed by atoms with Crippen molar-refractivity contribution in [3.05, 3.63) is 30.7 Å². The summed E-state index contributed by atoms with van der Waals surface area (Å²) in [5, 5.41) is 8.79. The van der Waals surface area contributed by atoms with Crippen molar-refractivity contribution < 1.29 is 0 Å². The van der Waals surface area contributed by atoms with Crippen molar-refractivity contribution in [2.24, 2.45) is 20.0 Å². The van der Waals surface area contributed by atoms with Crippen LogP contribution in [0.5, 0.6) is 0 Å². The molecule has 4 heterocycles. The Balaban J connectivity index is 1.57. The van der Waals surface area contributed by atoms with Gasteiger partial charge in [-0.3, -0.25) is 9.58 Å². The van der Waals surface area contributed by atoms with Crippen molar-refractivity contribution in [2.75, 3.05) is 25.5 Å². The van der Waals surface area contributed by atoms with Gasteiger partial charge in [-0.15, -0.1) is 0 Å². The number of likely N-dealkylation sites (tertiary alicyclic amines) is 1. The lowest BCUT2D eigenvalue weighted by Crippen LogP contribution is -2.39. The van der Waals surface area contributed by atoms with Crippen LogP contribution in [0.25, 0.3) is 11.0 Å². The molecule has 0 amide bonds. The zero-order valence-electron chi connectivity index (χ0n) is 14.9. The molecule has 3 aromatic heterocycles. The Morgan fingerprint density at radius 3 is 2.88 bits per heavy atom. The maximum Gasteiger partial charge on any atom is 0.163 e. The number of hydrogen-bond donors (Lipinski definition) is 1. The number of nitrogens with one attached hydrogen (secondary N) is 1. The second-order valence-corrected chi connectivity index (χ2v) is 6.87. The van der Waals surface area contributed by atoms with Crippen LogP contribution in [-0.2, 0) is 14.1 Å². The quantitative estimate of drug-likeness (QED) is 0.777. The van der Waals surface area contributed by atoms with Gasteiger partial charge in [0.2, 0.25) is 0 Å². The summed E-state index contributed by atoms with van der Waals surface area (Å²) < 4.78 is 3.90. The molecule has 0 unspecified atom stereocenters. The van der Waals surface area contributed by atoms with E-state index in [0.29, 0.717) is 12.0 Å². The summed E-state index contributed by atoms with van der Waals surface area (Å²) in [6.45, 7) is 1.98. The fourth-order valence-corrected chi connectivity index (χ4v) is 3.92. The predicted octanol–water partition coefficient (Wildman–Crippen LogP) is 1.59. The first-order valence-corrected chi connectivity index (χ1v) is 8.68. The lowest BCUT2D eigenvalue weighted by atomic mass is 9.87. The largest absolute Gasteiger partial charge is 0.369 e. The molecule has 1 N–H and O–H groups in total. The molecule has 0 aromatic carbocycles. The molecule has 3 aromatic rings. The summed E-state index contributed by atoms with van der Waals surface area (Å²) in [6.07, 6.45) is 9.69. The Morgan fingerprint density at radius 2 is 2.08 bits per heavy atom. The maximum atomic E-state index is 4.42. The lowest BCUT2D eigenvalue weighted by Gasteiger charge is -2.39. The molecule has 0 bridgehead atoms. The van der Waals surface area contributed by atoms with Gasteiger partial charge >= 0.3 is 0 Å². The standard InChI is InChI=1S/C17H24N8/c1-23-6-4-5-12(15(23)14-9-18-11-24(14)2)7-19-16-13-8-22-25(3)17(13)21-10-20-16/h8-12,15H,4-7H2,1-3H3,(H,19,20,21)/t12-,15+/m0/s1. The molecule has 4 rings (SSSR count). The van der Waals surface area contributed by atoms with Crippen LogP contribution in [0.3, 0.4) is 0 Å². The van der Waals surface area contributed by atoms with Gasteiger partial charge in [0.15, 0.2) is 5.65 Å². The van der Waals surface area contributed by atoms with Gasteiger partial charge in [-0.1, -0.05) is 0 Å². The SMILES string of the molecule is CN1CCC[C@@H](CNc2ncnc3c2cnn3C)[C@@H]1c1cncn1C. The molecule has 8 nitrogen and oxygen atoms in total. The van der Waals surface area contributed by atoms with E-state index in [9.17, 15) is 0 Å². The van der Waals surface area contributed by atoms with Crippen LogP contribution >= 0.6 is 0 Å². The van der Waals surface area contributed by atoms with Gasteiger partial charge in [0.1, 0.15) is 12.1 Å². The van der Waals surface area contributed by atoms with Crippen LogP contribution in [0.2, 0.25) is 0 Å². The molecule has 0 saturated carbocycles. The molecule has 132 valence electrons. The zero-order valence-corrected chi connectivity index (χ0v) is 14.9. The van der Waals surface area contributed by atoms with Gasteiger partial charge in [0.05, 0.1) is 29.6 Å². The second kappa shape index (κ2) is 6.44. The van der Waals surface area contributed by atoms with E-state index < -0.39 is 0 Å². The third kappa shape index (κ3) is 2.86. The van der Waals surface area contributed by atoms with Crippen LogP contribution in [0.1, 0.15) is 24.6 Å². The topological polar surface area (TPSA) is 76.7 Å². The normalized spacial score (nSPS) is 21.7. The van der Waals surface area contributed by atoms with E-state index in [0.717, 1.165) is 29.9 Å². The fourth-order valence-electron chi connectivity index (χ4n) is 3.92. The molecular weight excluding hydrogens is 316 g/mol. The maximum absolute atomic E-state index is 4.42. The Bertz CT molecular complexity index is 867. The number of fused-ring (bicyclic) bond motifs is 1. The van der Waals surface area contributed by atoms with Crippen molar-refractivity contribution in [3.63, 3.8) is 0 Å². The van der Waals surface area contributed by atoms with E-state index in [1.807, 2.05) is 25.8 Å². The summed E-state index contributed by atoms with van der Waals surface area (Å²) in [5.74, 6) is 1.35. The summed E-state index contributed by atoms with van der Waals surface area (Å²) in [6, 6.07) is 0.361. The molecule has 0 radical (unpaired) electrons. The van der Waals surface area contributed by atoms with E-state index in [1.165, 1.54) is 18.5 Å². The highest BCUT2D eigenvalue weighted by Gasteiger charge is 2.32. The molecule has 1 aliphatic heterocycles. The molecule has 0 aliphatic carbocycles. The molecule has 1 aliphatic rings. The van der Waals surface area contributed by atoms with Crippen molar-refractivity contribution in [2.45, 2.75) is 18.9 Å². The van der Waals surface area contributed by atoms with E-state index in [1.54, 1.807) is 11.0 Å². The Kier molecular flexibility index (Phi) is 4.12. The second-order valence-electron chi connectivity index (χ2n) is 6.87. The third-order valence-electron chi connectivity index (χ3n) is 5.23. The monoisotopic (exact) mass is 340 g/mol. The summed E-state index contributed by atoms with van der Waals surface area (Å²) in [7, 11) is 6.17. The van der Waals surface area contributed by atoms with Crippen molar-refractivity contribution in [1.29, 1.82) is 0 Å². The summed E-state index contributed by atoms with van der Waals surface area (Å²) in [5.41, 5.74) is 2.12. The van der Waals surface area contributed by atoms with Gasteiger partial charge in [-0.2, -0.15) is 5.10 Å². The average Bonchev–Trinajstić information content (AvgIpc) is 3.20. The number of rotatable bonds is 4. The lowest BCUT2D eigenvalue weighted by molar-refractivity contribution is 0.122. The molecule has 1 fully saturated rings. The molecular formula is C17H24N8. The Hall–Kier alpha value is -2.48. The van der Waals surface area contributed by atoms with Gasteiger partial charge in [-0.25, -0.2) is 15.0 Å². The first-order chi connectivity index (χ1) is 12.1. The molecule has 8 heteroatoms. The third-order valence-corrected chi connectivity index (χ3v) is 5.23. The molecule has 0 spiro atoms. The van der Waals surface area contributed by atoms with Crippen LogP contribution in [0.15, 0.2) is 25.0 Å². The highest BCUT2D eigenvalue weighted by Crippen LogP contribution is 2.35. The number of hydrogen-bond acceptors (Lipinski definition) is 6.